The van der Waals surface area contributed by atoms with Crippen molar-refractivity contribution >= 4 is 33.7 Å². The van der Waals surface area contributed by atoms with Gasteiger partial charge in [0.15, 0.2) is 0 Å². The van der Waals surface area contributed by atoms with E-state index in [1.54, 1.807) is 30.1 Å². The van der Waals surface area contributed by atoms with E-state index in [0.717, 1.165) is 37.3 Å². The third kappa shape index (κ3) is 4.19. The minimum Gasteiger partial charge on any atom is -0.331 e. The van der Waals surface area contributed by atoms with Crippen molar-refractivity contribution in [2.75, 3.05) is 6.26 Å². The van der Waals surface area contributed by atoms with Crippen LogP contribution in [0.3, 0.4) is 0 Å². The van der Waals surface area contributed by atoms with Crippen LogP contribution in [-0.4, -0.2) is 29.8 Å². The normalized spacial score (nSPS) is 12.2. The highest BCUT2D eigenvalue weighted by Crippen LogP contribution is 2.37. The number of aromatic nitrogens is 4. The summed E-state index contributed by atoms with van der Waals surface area (Å²) < 4.78 is 15.8. The highest BCUT2D eigenvalue weighted by atomic mass is 35.5. The highest BCUT2D eigenvalue weighted by molar-refractivity contribution is 7.84. The lowest BCUT2D eigenvalue weighted by atomic mass is 10.2. The second-order valence-electron chi connectivity index (χ2n) is 7.27. The summed E-state index contributed by atoms with van der Waals surface area (Å²) in [5, 5.41) is 5.50. The largest absolute Gasteiger partial charge is 0.331 e. The zero-order valence-corrected chi connectivity index (χ0v) is 19.6. The molecule has 3 heterocycles. The van der Waals surface area contributed by atoms with Gasteiger partial charge in [-0.3, -0.25) is 4.21 Å². The second-order valence-corrected chi connectivity index (χ2v) is 10.1. The molecular formula is C24H19ClN4OS2. The minimum atomic E-state index is -1.02. The van der Waals surface area contributed by atoms with Gasteiger partial charge in [-0.05, 0) is 48.0 Å². The molecule has 32 heavy (non-hydrogen) atoms. The van der Waals surface area contributed by atoms with Crippen molar-refractivity contribution in [1.82, 2.24) is 19.3 Å². The van der Waals surface area contributed by atoms with Crippen LogP contribution in [0.4, 0.5) is 0 Å². The van der Waals surface area contributed by atoms with Gasteiger partial charge < -0.3 is 4.57 Å². The number of benzene rings is 2. The lowest BCUT2D eigenvalue weighted by Gasteiger charge is -2.08. The fraction of sp³-hybridized carbons (Fsp3) is 0.0833. The molecule has 1 unspecified atom stereocenters. The Labute approximate surface area is 197 Å². The summed E-state index contributed by atoms with van der Waals surface area (Å²) in [6.07, 6.45) is 7.15. The van der Waals surface area contributed by atoms with E-state index in [1.807, 2.05) is 64.0 Å². The van der Waals surface area contributed by atoms with Gasteiger partial charge in [0.1, 0.15) is 0 Å². The van der Waals surface area contributed by atoms with Crippen LogP contribution < -0.4 is 0 Å². The second kappa shape index (κ2) is 8.86. The SMILES string of the molecule is CS(=O)c1cccc(-c2ccc(-c3cc(Cn4ccnc4)nn3-c3ccccc3Cl)s2)c1. The molecular weight excluding hydrogens is 460 g/mol. The Bertz CT molecular complexity index is 1410. The maximum atomic E-state index is 11.9. The van der Waals surface area contributed by atoms with E-state index in [1.165, 1.54) is 0 Å². The molecule has 1 atom stereocenters. The molecule has 8 heteroatoms. The first kappa shape index (κ1) is 20.9. The van der Waals surface area contributed by atoms with Crippen molar-refractivity contribution in [1.29, 1.82) is 0 Å². The number of thiophene rings is 1. The van der Waals surface area contributed by atoms with Crippen molar-refractivity contribution in [3.05, 3.63) is 96.2 Å². The van der Waals surface area contributed by atoms with Gasteiger partial charge >= 0.3 is 0 Å². The van der Waals surface area contributed by atoms with Crippen molar-refractivity contribution in [2.45, 2.75) is 11.4 Å². The lowest BCUT2D eigenvalue weighted by Crippen LogP contribution is -2.02. The van der Waals surface area contributed by atoms with Crippen molar-refractivity contribution in [2.24, 2.45) is 0 Å². The standard InChI is InChI=1S/C24H19ClN4OS2/c1-32(30)19-6-4-5-17(13-19)23-9-10-24(31-23)22-14-18(15-28-12-11-26-16-28)27-29(22)21-8-3-2-7-20(21)25/h2-14,16H,15H2,1H3. The average Bonchev–Trinajstić information content (AvgIpc) is 3.55. The van der Waals surface area contributed by atoms with Gasteiger partial charge in [0.2, 0.25) is 0 Å². The van der Waals surface area contributed by atoms with Crippen LogP contribution in [0, 0.1) is 0 Å². The number of rotatable bonds is 6. The predicted octanol–water partition coefficient (Wildman–Crippen LogP) is 5.90. The summed E-state index contributed by atoms with van der Waals surface area (Å²) in [5.41, 5.74) is 3.77. The fourth-order valence-electron chi connectivity index (χ4n) is 3.52. The molecule has 0 aliphatic carbocycles. The van der Waals surface area contributed by atoms with E-state index in [2.05, 4.69) is 23.2 Å². The number of para-hydroxylation sites is 1. The van der Waals surface area contributed by atoms with Gasteiger partial charge in [0.25, 0.3) is 0 Å². The Morgan fingerprint density at radius 2 is 1.88 bits per heavy atom. The molecule has 0 spiro atoms. The van der Waals surface area contributed by atoms with Gasteiger partial charge in [-0.25, -0.2) is 9.67 Å². The molecule has 0 amide bonds. The zero-order valence-electron chi connectivity index (χ0n) is 17.2. The Hall–Kier alpha value is -3.00. The first-order valence-electron chi connectivity index (χ1n) is 9.92. The van der Waals surface area contributed by atoms with Crippen LogP contribution in [0.25, 0.3) is 26.7 Å². The molecule has 0 saturated heterocycles. The predicted molar refractivity (Wildman–Crippen MR) is 131 cm³/mol. The monoisotopic (exact) mass is 478 g/mol. The van der Waals surface area contributed by atoms with Crippen LogP contribution in [0.15, 0.2) is 90.3 Å². The third-order valence-electron chi connectivity index (χ3n) is 5.05. The van der Waals surface area contributed by atoms with Gasteiger partial charge in [-0.15, -0.1) is 11.3 Å². The lowest BCUT2D eigenvalue weighted by molar-refractivity contribution is 0.687. The molecule has 0 bridgehead atoms. The molecule has 0 aliphatic rings. The molecule has 2 aromatic carbocycles. The highest BCUT2D eigenvalue weighted by Gasteiger charge is 2.16. The van der Waals surface area contributed by atoms with Crippen LogP contribution in [0.1, 0.15) is 5.69 Å². The summed E-state index contributed by atoms with van der Waals surface area (Å²) >= 11 is 8.19. The zero-order chi connectivity index (χ0) is 22.1. The summed E-state index contributed by atoms with van der Waals surface area (Å²) in [6, 6.07) is 21.9. The fourth-order valence-corrected chi connectivity index (χ4v) is 5.30. The van der Waals surface area contributed by atoms with Gasteiger partial charge in [-0.1, -0.05) is 35.9 Å². The number of nitrogens with zero attached hydrogens (tertiary/aromatic N) is 4. The van der Waals surface area contributed by atoms with Crippen LogP contribution in [0.5, 0.6) is 0 Å². The Kier molecular flexibility index (Phi) is 5.78. The van der Waals surface area contributed by atoms with Crippen molar-refractivity contribution < 1.29 is 4.21 Å². The molecule has 5 rings (SSSR count). The summed E-state index contributed by atoms with van der Waals surface area (Å²) in [7, 11) is -1.02. The van der Waals surface area contributed by atoms with E-state index in [-0.39, 0.29) is 0 Å². The van der Waals surface area contributed by atoms with Gasteiger partial charge in [0.05, 0.1) is 39.8 Å². The molecule has 0 fully saturated rings. The van der Waals surface area contributed by atoms with Crippen molar-refractivity contribution in [3.8, 4) is 26.7 Å². The molecule has 160 valence electrons. The number of hydrogen-bond donors (Lipinski definition) is 0. The van der Waals surface area contributed by atoms with E-state index >= 15 is 0 Å². The first-order valence-corrected chi connectivity index (χ1v) is 12.7. The van der Waals surface area contributed by atoms with E-state index in [0.29, 0.717) is 11.6 Å². The average molecular weight is 479 g/mol. The Morgan fingerprint density at radius 3 is 2.66 bits per heavy atom. The number of halogens is 1. The summed E-state index contributed by atoms with van der Waals surface area (Å²) in [5.74, 6) is 0. The molecule has 5 nitrogen and oxygen atoms in total. The summed E-state index contributed by atoms with van der Waals surface area (Å²) in [4.78, 5) is 7.13. The van der Waals surface area contributed by atoms with Gasteiger partial charge in [0, 0.05) is 39.2 Å². The van der Waals surface area contributed by atoms with E-state index < -0.39 is 10.8 Å². The Balaban J connectivity index is 1.58. The quantitative estimate of drug-likeness (QED) is 0.305. The molecule has 0 N–H and O–H groups in total. The summed E-state index contributed by atoms with van der Waals surface area (Å²) in [6.45, 7) is 0.618. The topological polar surface area (TPSA) is 52.7 Å². The van der Waals surface area contributed by atoms with Crippen LogP contribution >= 0.6 is 22.9 Å². The molecule has 3 aromatic heterocycles. The van der Waals surface area contributed by atoms with Crippen LogP contribution in [0.2, 0.25) is 5.02 Å². The minimum absolute atomic E-state index is 0.618. The molecule has 0 aliphatic heterocycles. The van der Waals surface area contributed by atoms with E-state index in [9.17, 15) is 4.21 Å². The van der Waals surface area contributed by atoms with Crippen molar-refractivity contribution in [3.63, 3.8) is 0 Å². The van der Waals surface area contributed by atoms with E-state index in [4.69, 9.17) is 16.7 Å². The van der Waals surface area contributed by atoms with Crippen LogP contribution in [-0.2, 0) is 17.3 Å². The molecule has 0 radical (unpaired) electrons. The smallest absolute Gasteiger partial charge is 0.0949 e. The Morgan fingerprint density at radius 1 is 1.03 bits per heavy atom. The number of hydrogen-bond acceptors (Lipinski definition) is 4. The molecule has 5 aromatic rings. The third-order valence-corrected chi connectivity index (χ3v) is 7.45. The maximum absolute atomic E-state index is 11.9. The number of imidazole rings is 1. The molecule has 0 saturated carbocycles. The maximum Gasteiger partial charge on any atom is 0.0949 e. The van der Waals surface area contributed by atoms with Gasteiger partial charge in [-0.2, -0.15) is 5.10 Å². The first-order chi connectivity index (χ1) is 15.6.